The van der Waals surface area contributed by atoms with Gasteiger partial charge in [0.15, 0.2) is 0 Å². The lowest BCUT2D eigenvalue weighted by Crippen LogP contribution is -2.51. The van der Waals surface area contributed by atoms with Crippen molar-refractivity contribution >= 4 is 12.0 Å². The molecule has 0 unspecified atom stereocenters. The van der Waals surface area contributed by atoms with Crippen molar-refractivity contribution in [2.45, 2.75) is 25.9 Å². The van der Waals surface area contributed by atoms with Crippen molar-refractivity contribution in [1.29, 1.82) is 0 Å². The van der Waals surface area contributed by atoms with Gasteiger partial charge >= 0.3 is 12.3 Å². The SMILES string of the molecule is CCCCOC(=O)N1CCN(C(=O)c2ccccc2C(F)(F)F)CC1. The van der Waals surface area contributed by atoms with Crippen molar-refractivity contribution in [3.8, 4) is 0 Å². The topological polar surface area (TPSA) is 49.9 Å². The quantitative estimate of drug-likeness (QED) is 0.775. The Morgan fingerprint density at radius 1 is 1.08 bits per heavy atom. The molecule has 1 aliphatic rings. The van der Waals surface area contributed by atoms with Crippen molar-refractivity contribution in [2.24, 2.45) is 0 Å². The smallest absolute Gasteiger partial charge is 0.417 e. The number of carbonyl (C=O) groups is 2. The van der Waals surface area contributed by atoms with E-state index in [0.29, 0.717) is 6.61 Å². The fourth-order valence-electron chi connectivity index (χ4n) is 2.57. The lowest BCUT2D eigenvalue weighted by molar-refractivity contribution is -0.138. The minimum Gasteiger partial charge on any atom is -0.449 e. The van der Waals surface area contributed by atoms with Gasteiger partial charge in [-0.3, -0.25) is 4.79 Å². The Morgan fingerprint density at radius 2 is 1.68 bits per heavy atom. The summed E-state index contributed by atoms with van der Waals surface area (Å²) in [6, 6.07) is 4.73. The highest BCUT2D eigenvalue weighted by atomic mass is 19.4. The molecule has 2 rings (SSSR count). The first-order chi connectivity index (χ1) is 11.8. The first kappa shape index (κ1) is 19.1. The van der Waals surface area contributed by atoms with E-state index >= 15 is 0 Å². The number of rotatable bonds is 4. The Kier molecular flexibility index (Phi) is 6.27. The standard InChI is InChI=1S/C17H21F3N2O3/c1-2-3-12-25-16(24)22-10-8-21(9-11-22)15(23)13-6-4-5-7-14(13)17(18,19)20/h4-7H,2-3,8-12H2,1H3. The van der Waals surface area contributed by atoms with E-state index in [9.17, 15) is 22.8 Å². The van der Waals surface area contributed by atoms with Crippen LogP contribution < -0.4 is 0 Å². The van der Waals surface area contributed by atoms with Crippen LogP contribution >= 0.6 is 0 Å². The predicted molar refractivity (Wildman–Crippen MR) is 85.2 cm³/mol. The van der Waals surface area contributed by atoms with Crippen LogP contribution in [0, 0.1) is 0 Å². The molecule has 0 bridgehead atoms. The van der Waals surface area contributed by atoms with Gasteiger partial charge in [0.05, 0.1) is 17.7 Å². The van der Waals surface area contributed by atoms with Crippen molar-refractivity contribution in [1.82, 2.24) is 9.80 Å². The second-order valence-electron chi connectivity index (χ2n) is 5.79. The van der Waals surface area contributed by atoms with Crippen LogP contribution in [-0.2, 0) is 10.9 Å². The largest absolute Gasteiger partial charge is 0.449 e. The highest BCUT2D eigenvalue weighted by Gasteiger charge is 2.36. The maximum Gasteiger partial charge on any atom is 0.417 e. The van der Waals surface area contributed by atoms with Gasteiger partial charge < -0.3 is 14.5 Å². The fraction of sp³-hybridized carbons (Fsp3) is 0.529. The molecular weight excluding hydrogens is 337 g/mol. The molecular formula is C17H21F3N2O3. The van der Waals surface area contributed by atoms with Gasteiger partial charge in [0.25, 0.3) is 5.91 Å². The van der Waals surface area contributed by atoms with Crippen molar-refractivity contribution in [2.75, 3.05) is 32.8 Å². The van der Waals surface area contributed by atoms with Crippen molar-refractivity contribution in [3.63, 3.8) is 0 Å². The molecule has 0 radical (unpaired) electrons. The number of hydrogen-bond acceptors (Lipinski definition) is 3. The zero-order valence-electron chi connectivity index (χ0n) is 14.0. The highest BCUT2D eigenvalue weighted by molar-refractivity contribution is 5.96. The second-order valence-corrected chi connectivity index (χ2v) is 5.79. The van der Waals surface area contributed by atoms with Gasteiger partial charge in [0.2, 0.25) is 0 Å². The Morgan fingerprint density at radius 3 is 2.28 bits per heavy atom. The first-order valence-corrected chi connectivity index (χ1v) is 8.21. The van der Waals surface area contributed by atoms with Crippen molar-refractivity contribution < 1.29 is 27.5 Å². The van der Waals surface area contributed by atoms with Gasteiger partial charge in [-0.05, 0) is 18.6 Å². The van der Waals surface area contributed by atoms with Crippen LogP contribution in [0.4, 0.5) is 18.0 Å². The van der Waals surface area contributed by atoms with Gasteiger partial charge in [-0.2, -0.15) is 13.2 Å². The molecule has 2 amide bonds. The molecule has 1 aliphatic heterocycles. The van der Waals surface area contributed by atoms with Gasteiger partial charge in [-0.1, -0.05) is 25.5 Å². The zero-order valence-corrected chi connectivity index (χ0v) is 14.0. The molecule has 8 heteroatoms. The summed E-state index contributed by atoms with van der Waals surface area (Å²) >= 11 is 0. The van der Waals surface area contributed by atoms with Gasteiger partial charge in [-0.15, -0.1) is 0 Å². The molecule has 138 valence electrons. The van der Waals surface area contributed by atoms with E-state index in [0.717, 1.165) is 18.9 Å². The first-order valence-electron chi connectivity index (χ1n) is 8.21. The number of benzene rings is 1. The molecule has 0 spiro atoms. The van der Waals surface area contributed by atoms with Crippen LogP contribution in [0.5, 0.6) is 0 Å². The number of amides is 2. The molecule has 0 aliphatic carbocycles. The highest BCUT2D eigenvalue weighted by Crippen LogP contribution is 2.32. The maximum atomic E-state index is 13.1. The Bertz CT molecular complexity index is 611. The van der Waals surface area contributed by atoms with Crippen LogP contribution in [0.15, 0.2) is 24.3 Å². The molecule has 0 atom stereocenters. The van der Waals surface area contributed by atoms with Gasteiger partial charge in [0, 0.05) is 26.2 Å². The maximum absolute atomic E-state index is 13.1. The van der Waals surface area contributed by atoms with Crippen LogP contribution in [0.2, 0.25) is 0 Å². The van der Waals surface area contributed by atoms with Gasteiger partial charge in [0.1, 0.15) is 0 Å². The van der Waals surface area contributed by atoms with E-state index < -0.39 is 23.7 Å². The molecule has 1 aromatic rings. The molecule has 0 saturated carbocycles. The van der Waals surface area contributed by atoms with E-state index in [1.165, 1.54) is 28.0 Å². The molecule has 25 heavy (non-hydrogen) atoms. The third kappa shape index (κ3) is 4.87. The van der Waals surface area contributed by atoms with Crippen molar-refractivity contribution in [3.05, 3.63) is 35.4 Å². The van der Waals surface area contributed by atoms with Crippen LogP contribution in [0.1, 0.15) is 35.7 Å². The lowest BCUT2D eigenvalue weighted by atomic mass is 10.1. The lowest BCUT2D eigenvalue weighted by Gasteiger charge is -2.34. The average molecular weight is 358 g/mol. The van der Waals surface area contributed by atoms with E-state index in [2.05, 4.69) is 0 Å². The fourth-order valence-corrected chi connectivity index (χ4v) is 2.57. The second kappa shape index (κ2) is 8.22. The zero-order chi connectivity index (χ0) is 18.4. The van der Waals surface area contributed by atoms with E-state index in [1.807, 2.05) is 6.92 Å². The number of halogens is 3. The normalized spacial score (nSPS) is 15.2. The summed E-state index contributed by atoms with van der Waals surface area (Å²) in [6.07, 6.45) is -3.35. The molecule has 1 fully saturated rings. The molecule has 1 saturated heterocycles. The van der Waals surface area contributed by atoms with E-state index in [1.54, 1.807) is 0 Å². The monoisotopic (exact) mass is 358 g/mol. The molecule has 0 N–H and O–H groups in total. The number of nitrogens with zero attached hydrogens (tertiary/aromatic N) is 2. The number of carbonyl (C=O) groups excluding carboxylic acids is 2. The molecule has 1 heterocycles. The third-order valence-corrected chi connectivity index (χ3v) is 4.01. The molecule has 5 nitrogen and oxygen atoms in total. The number of ether oxygens (including phenoxy) is 1. The van der Waals surface area contributed by atoms with Crippen LogP contribution in [0.25, 0.3) is 0 Å². The number of hydrogen-bond donors (Lipinski definition) is 0. The number of unbranched alkanes of at least 4 members (excludes halogenated alkanes) is 1. The molecule has 0 aromatic heterocycles. The minimum absolute atomic E-state index is 0.175. The summed E-state index contributed by atoms with van der Waals surface area (Å²) in [6.45, 7) is 3.15. The Balaban J connectivity index is 1.97. The van der Waals surface area contributed by atoms with Crippen LogP contribution in [0.3, 0.4) is 0 Å². The Hall–Kier alpha value is -2.25. The minimum atomic E-state index is -4.59. The number of piperazine rings is 1. The summed E-state index contributed by atoms with van der Waals surface area (Å²) in [5.74, 6) is -0.674. The van der Waals surface area contributed by atoms with Crippen LogP contribution in [-0.4, -0.2) is 54.6 Å². The predicted octanol–water partition coefficient (Wildman–Crippen LogP) is 3.40. The van der Waals surface area contributed by atoms with E-state index in [4.69, 9.17) is 4.74 Å². The Labute approximate surface area is 144 Å². The summed E-state index contributed by atoms with van der Waals surface area (Å²) < 4.78 is 44.3. The summed E-state index contributed by atoms with van der Waals surface area (Å²) in [5.41, 5.74) is -1.31. The average Bonchev–Trinajstić information content (AvgIpc) is 2.60. The summed E-state index contributed by atoms with van der Waals surface area (Å²) in [7, 11) is 0. The molecule has 1 aromatic carbocycles. The summed E-state index contributed by atoms with van der Waals surface area (Å²) in [4.78, 5) is 27.1. The van der Waals surface area contributed by atoms with E-state index in [-0.39, 0.29) is 31.7 Å². The number of alkyl halides is 3. The summed E-state index contributed by atoms with van der Waals surface area (Å²) in [5, 5.41) is 0. The van der Waals surface area contributed by atoms with Gasteiger partial charge in [-0.25, -0.2) is 4.79 Å². The third-order valence-electron chi connectivity index (χ3n) is 4.01.